The van der Waals surface area contributed by atoms with Crippen LogP contribution in [0.1, 0.15) is 27.0 Å². The molecule has 0 spiro atoms. The number of hydrogen-bond acceptors (Lipinski definition) is 4. The lowest BCUT2D eigenvalue weighted by atomic mass is 10.1. The molecule has 4 aromatic carbocycles. The molecule has 0 unspecified atom stereocenters. The van der Waals surface area contributed by atoms with Crippen LogP contribution in [-0.4, -0.2) is 28.6 Å². The second kappa shape index (κ2) is 12.0. The molecule has 4 aromatic rings. The van der Waals surface area contributed by atoms with E-state index in [2.05, 4.69) is 19.1 Å². The summed E-state index contributed by atoms with van der Waals surface area (Å²) in [5.41, 5.74) is 4.17. The van der Waals surface area contributed by atoms with Crippen molar-refractivity contribution < 1.29 is 9.72 Å². The van der Waals surface area contributed by atoms with Crippen LogP contribution in [0.4, 0.5) is 11.4 Å². The number of carbonyl (C=O) groups is 1. The number of nitrogens with zero attached hydrogens (tertiary/aromatic N) is 3. The van der Waals surface area contributed by atoms with Crippen molar-refractivity contribution >= 4 is 23.1 Å². The average molecular weight is 466 g/mol. The molecule has 0 radical (unpaired) electrons. The highest BCUT2D eigenvalue weighted by Crippen LogP contribution is 2.21. The maximum Gasteiger partial charge on any atom is 0.269 e. The summed E-state index contributed by atoms with van der Waals surface area (Å²) in [6.45, 7) is 4.04. The summed E-state index contributed by atoms with van der Waals surface area (Å²) in [4.78, 5) is 29.5. The smallest absolute Gasteiger partial charge is 0.269 e. The van der Waals surface area contributed by atoms with Crippen LogP contribution >= 0.6 is 0 Å². The van der Waals surface area contributed by atoms with Crippen LogP contribution in [0.25, 0.3) is 0 Å². The van der Waals surface area contributed by atoms with Crippen LogP contribution in [0.15, 0.2) is 114 Å². The molecule has 0 heterocycles. The fraction of sp³-hybridized carbons (Fsp3) is 0.103. The molecule has 0 aliphatic heterocycles. The monoisotopic (exact) mass is 465 g/mol. The van der Waals surface area contributed by atoms with Gasteiger partial charge in [0.05, 0.1) is 10.6 Å². The average Bonchev–Trinajstić information content (AvgIpc) is 2.89. The Balaban J connectivity index is 0.000000420. The Morgan fingerprint density at radius 3 is 1.80 bits per heavy atom. The van der Waals surface area contributed by atoms with Gasteiger partial charge >= 0.3 is 0 Å². The number of nitro groups is 1. The van der Waals surface area contributed by atoms with E-state index >= 15 is 0 Å². The van der Waals surface area contributed by atoms with E-state index < -0.39 is 4.92 Å². The molecule has 0 atom stereocenters. The van der Waals surface area contributed by atoms with Crippen molar-refractivity contribution in [1.29, 1.82) is 0 Å². The van der Waals surface area contributed by atoms with Crippen LogP contribution in [0.5, 0.6) is 0 Å². The molecular formula is C29H27N3O3. The van der Waals surface area contributed by atoms with Crippen molar-refractivity contribution in [2.24, 2.45) is 4.99 Å². The predicted molar refractivity (Wildman–Crippen MR) is 140 cm³/mol. The van der Waals surface area contributed by atoms with Gasteiger partial charge in [-0.2, -0.15) is 0 Å². The van der Waals surface area contributed by atoms with Gasteiger partial charge in [0, 0.05) is 30.3 Å². The van der Waals surface area contributed by atoms with E-state index in [1.54, 1.807) is 7.05 Å². The fourth-order valence-electron chi connectivity index (χ4n) is 3.27. The van der Waals surface area contributed by atoms with E-state index in [0.717, 1.165) is 16.8 Å². The number of rotatable bonds is 4. The molecule has 0 N–H and O–H groups in total. The molecule has 0 fully saturated rings. The summed E-state index contributed by atoms with van der Waals surface area (Å²) in [6.07, 6.45) is 0. The van der Waals surface area contributed by atoms with Gasteiger partial charge in [-0.05, 0) is 37.6 Å². The van der Waals surface area contributed by atoms with Crippen LogP contribution in [0.3, 0.4) is 0 Å². The van der Waals surface area contributed by atoms with Crippen molar-refractivity contribution in [2.45, 2.75) is 13.8 Å². The number of nitro benzene ring substituents is 1. The van der Waals surface area contributed by atoms with Crippen molar-refractivity contribution in [3.8, 4) is 0 Å². The third-order valence-corrected chi connectivity index (χ3v) is 5.26. The van der Waals surface area contributed by atoms with Gasteiger partial charge in [-0.25, -0.2) is 4.99 Å². The highest BCUT2D eigenvalue weighted by Gasteiger charge is 2.20. The zero-order chi connectivity index (χ0) is 25.2. The molecular weight excluding hydrogens is 438 g/mol. The minimum atomic E-state index is -0.493. The number of hydrogen-bond donors (Lipinski definition) is 0. The van der Waals surface area contributed by atoms with E-state index in [-0.39, 0.29) is 11.6 Å². The number of para-hydroxylation sites is 1. The standard InChI is InChI=1S/C22H19N3O3.C7H8/c1-16-8-6-7-11-20(16)23-21(17-9-4-3-5-10-17)24(2)22(26)18-12-14-19(15-13-18)25(27)28;1-7-5-3-2-4-6-7/h3-15H,1-2H3;2-6H,1H3. The minimum absolute atomic E-state index is 0.0592. The molecule has 0 bridgehead atoms. The first kappa shape index (κ1) is 25.1. The van der Waals surface area contributed by atoms with Gasteiger partial charge in [-0.1, -0.05) is 84.4 Å². The van der Waals surface area contributed by atoms with Gasteiger partial charge in [0.25, 0.3) is 11.6 Å². The number of aliphatic imine (C=N–C) groups is 1. The highest BCUT2D eigenvalue weighted by atomic mass is 16.6. The Kier molecular flexibility index (Phi) is 8.62. The zero-order valence-corrected chi connectivity index (χ0v) is 20.0. The molecule has 0 aliphatic carbocycles. The summed E-state index contributed by atoms with van der Waals surface area (Å²) in [6, 6.07) is 32.9. The van der Waals surface area contributed by atoms with Crippen LogP contribution in [0.2, 0.25) is 0 Å². The second-order valence-electron chi connectivity index (χ2n) is 7.91. The highest BCUT2D eigenvalue weighted by molar-refractivity contribution is 6.13. The van der Waals surface area contributed by atoms with E-state index in [0.29, 0.717) is 11.4 Å². The third kappa shape index (κ3) is 6.95. The summed E-state index contributed by atoms with van der Waals surface area (Å²) in [5, 5.41) is 10.8. The summed E-state index contributed by atoms with van der Waals surface area (Å²) in [7, 11) is 1.65. The molecule has 6 heteroatoms. The lowest BCUT2D eigenvalue weighted by Gasteiger charge is -2.20. The number of aryl methyl sites for hydroxylation is 2. The predicted octanol–water partition coefficient (Wildman–Crippen LogP) is 6.75. The van der Waals surface area contributed by atoms with Crippen LogP contribution in [0, 0.1) is 24.0 Å². The van der Waals surface area contributed by atoms with E-state index in [1.165, 1.54) is 34.7 Å². The topological polar surface area (TPSA) is 75.8 Å². The molecule has 1 amide bonds. The Morgan fingerprint density at radius 2 is 1.29 bits per heavy atom. The van der Waals surface area contributed by atoms with Crippen molar-refractivity contribution in [3.63, 3.8) is 0 Å². The van der Waals surface area contributed by atoms with Gasteiger partial charge in [0.15, 0.2) is 0 Å². The molecule has 0 saturated heterocycles. The number of amides is 1. The normalized spacial score (nSPS) is 10.7. The van der Waals surface area contributed by atoms with Crippen molar-refractivity contribution in [3.05, 3.63) is 142 Å². The van der Waals surface area contributed by atoms with Crippen LogP contribution in [-0.2, 0) is 0 Å². The summed E-state index contributed by atoms with van der Waals surface area (Å²) >= 11 is 0. The second-order valence-corrected chi connectivity index (χ2v) is 7.91. The Hall–Kier alpha value is -4.58. The molecule has 0 aromatic heterocycles. The molecule has 6 nitrogen and oxygen atoms in total. The lowest BCUT2D eigenvalue weighted by molar-refractivity contribution is -0.384. The lowest BCUT2D eigenvalue weighted by Crippen LogP contribution is -2.33. The quantitative estimate of drug-likeness (QED) is 0.145. The van der Waals surface area contributed by atoms with Crippen molar-refractivity contribution in [1.82, 2.24) is 4.90 Å². The Labute approximate surface area is 205 Å². The molecule has 0 aliphatic rings. The summed E-state index contributed by atoms with van der Waals surface area (Å²) < 4.78 is 0. The van der Waals surface area contributed by atoms with E-state index in [4.69, 9.17) is 4.99 Å². The fourth-order valence-corrected chi connectivity index (χ4v) is 3.27. The van der Waals surface area contributed by atoms with Gasteiger partial charge in [0.1, 0.15) is 5.84 Å². The largest absolute Gasteiger partial charge is 0.295 e. The first-order valence-corrected chi connectivity index (χ1v) is 11.1. The van der Waals surface area contributed by atoms with Gasteiger partial charge in [-0.15, -0.1) is 0 Å². The number of benzene rings is 4. The molecule has 4 rings (SSSR count). The number of amidine groups is 1. The van der Waals surface area contributed by atoms with E-state index in [9.17, 15) is 14.9 Å². The first-order valence-electron chi connectivity index (χ1n) is 11.1. The number of non-ortho nitro benzene ring substituents is 1. The maximum atomic E-state index is 13.0. The first-order chi connectivity index (χ1) is 16.9. The molecule has 0 saturated carbocycles. The zero-order valence-electron chi connectivity index (χ0n) is 20.0. The number of carbonyl (C=O) groups excluding carboxylic acids is 1. The maximum absolute atomic E-state index is 13.0. The SMILES string of the molecule is Cc1ccccc1.Cc1ccccc1N=C(c1ccccc1)N(C)C(=O)c1ccc([N+](=O)[O-])cc1. The van der Waals surface area contributed by atoms with E-state index in [1.807, 2.05) is 79.7 Å². The Morgan fingerprint density at radius 1 is 0.743 bits per heavy atom. The summed E-state index contributed by atoms with van der Waals surface area (Å²) in [5.74, 6) is 0.198. The minimum Gasteiger partial charge on any atom is -0.295 e. The third-order valence-electron chi connectivity index (χ3n) is 5.26. The van der Waals surface area contributed by atoms with Gasteiger partial charge < -0.3 is 0 Å². The van der Waals surface area contributed by atoms with Crippen molar-refractivity contribution in [2.75, 3.05) is 7.05 Å². The van der Waals surface area contributed by atoms with Crippen LogP contribution < -0.4 is 0 Å². The van der Waals surface area contributed by atoms with Gasteiger partial charge in [0.2, 0.25) is 0 Å². The Bertz CT molecular complexity index is 1300. The molecule has 35 heavy (non-hydrogen) atoms. The van der Waals surface area contributed by atoms with Gasteiger partial charge in [-0.3, -0.25) is 19.8 Å². The molecule has 176 valence electrons.